The van der Waals surface area contributed by atoms with Crippen molar-refractivity contribution in [3.8, 4) is 0 Å². The van der Waals surface area contributed by atoms with Crippen molar-refractivity contribution in [2.75, 3.05) is 6.54 Å². The molecule has 19 heavy (non-hydrogen) atoms. The second kappa shape index (κ2) is 5.59. The molecule has 1 aromatic carbocycles. The van der Waals surface area contributed by atoms with E-state index in [1.54, 1.807) is 30.3 Å². The molecule has 0 radical (unpaired) electrons. The molecule has 1 fully saturated rings. The fraction of sp³-hybridized carbons (Fsp3) is 0.154. The van der Waals surface area contributed by atoms with Gasteiger partial charge in [0, 0.05) is 5.02 Å². The smallest absolute Gasteiger partial charge is 0.293 e. The van der Waals surface area contributed by atoms with Crippen molar-refractivity contribution in [3.05, 3.63) is 39.8 Å². The number of halogens is 1. The number of carbonyl (C=O) groups is 3. The van der Waals surface area contributed by atoms with Crippen molar-refractivity contribution in [1.82, 2.24) is 4.90 Å². The maximum atomic E-state index is 12.0. The normalized spacial score (nSPS) is 17.4. The lowest BCUT2D eigenvalue weighted by Crippen LogP contribution is -2.32. The van der Waals surface area contributed by atoms with Crippen LogP contribution < -0.4 is 0 Å². The lowest BCUT2D eigenvalue weighted by molar-refractivity contribution is -0.127. The fourth-order valence-corrected chi connectivity index (χ4v) is 2.64. The Morgan fingerprint density at radius 3 is 2.79 bits per heavy atom. The molecule has 0 N–H and O–H groups in total. The third-order valence-corrected chi connectivity index (χ3v) is 3.54. The number of benzene rings is 1. The molecule has 1 aliphatic heterocycles. The van der Waals surface area contributed by atoms with Crippen LogP contribution in [0.1, 0.15) is 12.5 Å². The van der Waals surface area contributed by atoms with Gasteiger partial charge in [-0.2, -0.15) is 0 Å². The van der Waals surface area contributed by atoms with E-state index in [-0.39, 0.29) is 12.3 Å². The molecule has 0 bridgehead atoms. The van der Waals surface area contributed by atoms with E-state index < -0.39 is 11.1 Å². The summed E-state index contributed by atoms with van der Waals surface area (Å²) in [6.07, 6.45) is 1.59. The first-order valence-electron chi connectivity index (χ1n) is 5.48. The number of ketones is 1. The number of thioether (sulfide) groups is 1. The fourth-order valence-electron chi connectivity index (χ4n) is 1.61. The highest BCUT2D eigenvalue weighted by Crippen LogP contribution is 2.32. The van der Waals surface area contributed by atoms with Crippen molar-refractivity contribution < 1.29 is 14.4 Å². The molecule has 2 amide bonds. The first-order valence-corrected chi connectivity index (χ1v) is 6.67. The van der Waals surface area contributed by atoms with E-state index in [1.165, 1.54) is 6.92 Å². The molecule has 98 valence electrons. The maximum absolute atomic E-state index is 12.0. The van der Waals surface area contributed by atoms with Gasteiger partial charge in [-0.25, -0.2) is 0 Å². The molecule has 0 aliphatic carbocycles. The van der Waals surface area contributed by atoms with Gasteiger partial charge >= 0.3 is 0 Å². The van der Waals surface area contributed by atoms with E-state index >= 15 is 0 Å². The quantitative estimate of drug-likeness (QED) is 0.805. The average molecular weight is 296 g/mol. The summed E-state index contributed by atoms with van der Waals surface area (Å²) in [5.74, 6) is -0.670. The lowest BCUT2D eigenvalue weighted by Gasteiger charge is -2.08. The second-order valence-corrected chi connectivity index (χ2v) is 5.45. The molecule has 1 aliphatic rings. The number of hydrogen-bond donors (Lipinski definition) is 0. The van der Waals surface area contributed by atoms with Gasteiger partial charge in [0.15, 0.2) is 0 Å². The van der Waals surface area contributed by atoms with E-state index in [0.717, 1.165) is 22.2 Å². The van der Waals surface area contributed by atoms with E-state index in [4.69, 9.17) is 11.6 Å². The zero-order chi connectivity index (χ0) is 14.0. The lowest BCUT2D eigenvalue weighted by atomic mass is 10.2. The molecule has 1 aromatic rings. The molecule has 0 spiro atoms. The number of rotatable bonds is 3. The molecular formula is C13H10ClNO3S. The van der Waals surface area contributed by atoms with Crippen LogP contribution in [0.5, 0.6) is 0 Å². The van der Waals surface area contributed by atoms with Crippen LogP contribution >= 0.6 is 23.4 Å². The van der Waals surface area contributed by atoms with Crippen molar-refractivity contribution in [3.63, 3.8) is 0 Å². The van der Waals surface area contributed by atoms with Gasteiger partial charge < -0.3 is 0 Å². The maximum Gasteiger partial charge on any atom is 0.293 e. The molecule has 6 heteroatoms. The Labute approximate surface area is 119 Å². The zero-order valence-electron chi connectivity index (χ0n) is 10.1. The summed E-state index contributed by atoms with van der Waals surface area (Å²) < 4.78 is 0. The van der Waals surface area contributed by atoms with Crippen LogP contribution in [0.4, 0.5) is 4.79 Å². The predicted molar refractivity (Wildman–Crippen MR) is 74.8 cm³/mol. The number of amides is 2. The van der Waals surface area contributed by atoms with Crippen LogP contribution in [-0.2, 0) is 9.59 Å². The summed E-state index contributed by atoms with van der Waals surface area (Å²) in [4.78, 5) is 35.9. The Kier molecular flexibility index (Phi) is 4.07. The SMILES string of the molecule is CC(=O)CN1C(=O)S/C(=C\c2cccc(Cl)c2)C1=O. The van der Waals surface area contributed by atoms with E-state index in [9.17, 15) is 14.4 Å². The summed E-state index contributed by atoms with van der Waals surface area (Å²) in [7, 11) is 0. The molecular weight excluding hydrogens is 286 g/mol. The third-order valence-electron chi connectivity index (χ3n) is 2.40. The van der Waals surface area contributed by atoms with Crippen molar-refractivity contribution in [1.29, 1.82) is 0 Å². The van der Waals surface area contributed by atoms with Gasteiger partial charge in [0.1, 0.15) is 5.78 Å². The first-order chi connectivity index (χ1) is 8.97. The van der Waals surface area contributed by atoms with Crippen molar-refractivity contribution in [2.45, 2.75) is 6.92 Å². The van der Waals surface area contributed by atoms with Gasteiger partial charge in [-0.1, -0.05) is 23.7 Å². The Bertz CT molecular complexity index is 597. The van der Waals surface area contributed by atoms with Crippen molar-refractivity contribution in [2.24, 2.45) is 0 Å². The minimum Gasteiger partial charge on any atom is -0.298 e. The Hall–Kier alpha value is -1.59. The Morgan fingerprint density at radius 2 is 2.16 bits per heavy atom. The van der Waals surface area contributed by atoms with Crippen LogP contribution in [0.2, 0.25) is 5.02 Å². The second-order valence-electron chi connectivity index (χ2n) is 4.02. The van der Waals surface area contributed by atoms with E-state index in [0.29, 0.717) is 9.93 Å². The summed E-state index contributed by atoms with van der Waals surface area (Å²) in [5.41, 5.74) is 0.737. The van der Waals surface area contributed by atoms with Gasteiger partial charge in [-0.15, -0.1) is 0 Å². The Morgan fingerprint density at radius 1 is 1.42 bits per heavy atom. The number of Topliss-reactive ketones (excluding diaryl/α,β-unsaturated/α-hetero) is 1. The predicted octanol–water partition coefficient (Wildman–Crippen LogP) is 2.97. The van der Waals surface area contributed by atoms with Crippen LogP contribution in [0, 0.1) is 0 Å². The average Bonchev–Trinajstić information content (AvgIpc) is 2.57. The van der Waals surface area contributed by atoms with Gasteiger partial charge in [0.25, 0.3) is 11.1 Å². The van der Waals surface area contributed by atoms with E-state index in [1.807, 2.05) is 0 Å². The standard InChI is InChI=1S/C13H10ClNO3S/c1-8(16)7-15-12(17)11(19-13(15)18)6-9-3-2-4-10(14)5-9/h2-6H,7H2,1H3/b11-6-. The number of hydrogen-bond acceptors (Lipinski definition) is 4. The molecule has 0 atom stereocenters. The van der Waals surface area contributed by atoms with Crippen LogP contribution in [0.3, 0.4) is 0 Å². The molecule has 2 rings (SSSR count). The van der Waals surface area contributed by atoms with Gasteiger partial charge in [0.2, 0.25) is 0 Å². The molecule has 0 aromatic heterocycles. The minimum atomic E-state index is -0.440. The van der Waals surface area contributed by atoms with Gasteiger partial charge in [0.05, 0.1) is 11.4 Å². The molecule has 4 nitrogen and oxygen atoms in total. The van der Waals surface area contributed by atoms with Crippen LogP contribution in [0.25, 0.3) is 6.08 Å². The van der Waals surface area contributed by atoms with Crippen molar-refractivity contribution >= 4 is 46.4 Å². The van der Waals surface area contributed by atoms with Gasteiger partial charge in [-0.05, 0) is 42.5 Å². The first kappa shape index (κ1) is 13.8. The number of nitrogens with zero attached hydrogens (tertiary/aromatic N) is 1. The summed E-state index contributed by atoms with van der Waals surface area (Å²) in [6, 6.07) is 6.96. The minimum absolute atomic E-state index is 0.183. The highest BCUT2D eigenvalue weighted by Gasteiger charge is 2.35. The molecule has 0 unspecified atom stereocenters. The zero-order valence-corrected chi connectivity index (χ0v) is 11.6. The Balaban J connectivity index is 2.25. The summed E-state index contributed by atoms with van der Waals surface area (Å²) in [6.45, 7) is 1.15. The molecule has 1 heterocycles. The highest BCUT2D eigenvalue weighted by molar-refractivity contribution is 8.18. The summed E-state index contributed by atoms with van der Waals surface area (Å²) >= 11 is 6.68. The molecule has 0 saturated carbocycles. The van der Waals surface area contributed by atoms with Crippen LogP contribution in [-0.4, -0.2) is 28.4 Å². The third kappa shape index (κ3) is 3.24. The van der Waals surface area contributed by atoms with E-state index in [2.05, 4.69) is 0 Å². The van der Waals surface area contributed by atoms with Crippen LogP contribution in [0.15, 0.2) is 29.2 Å². The largest absolute Gasteiger partial charge is 0.298 e. The topological polar surface area (TPSA) is 54.5 Å². The number of imide groups is 1. The van der Waals surface area contributed by atoms with Gasteiger partial charge in [-0.3, -0.25) is 19.3 Å². The summed E-state index contributed by atoms with van der Waals surface area (Å²) in [5, 5.41) is 0.130. The monoisotopic (exact) mass is 295 g/mol. The highest BCUT2D eigenvalue weighted by atomic mass is 35.5. The molecule has 1 saturated heterocycles. The number of carbonyl (C=O) groups excluding carboxylic acids is 3.